The molecule has 4 nitrogen and oxygen atoms in total. The summed E-state index contributed by atoms with van der Waals surface area (Å²) in [5.74, 6) is 0.246. The van der Waals surface area contributed by atoms with Gasteiger partial charge in [-0.2, -0.15) is 0 Å². The highest BCUT2D eigenvalue weighted by atomic mass is 16.3. The lowest BCUT2D eigenvalue weighted by Gasteiger charge is -2.30. The summed E-state index contributed by atoms with van der Waals surface area (Å²) in [4.78, 5) is 13.8. The Morgan fingerprint density at radius 3 is 2.84 bits per heavy atom. The van der Waals surface area contributed by atoms with Crippen LogP contribution in [0.15, 0.2) is 48.5 Å². The fourth-order valence-electron chi connectivity index (χ4n) is 2.27. The predicted molar refractivity (Wildman–Crippen MR) is 74.2 cm³/mol. The number of nitrogens with zero attached hydrogens (tertiary/aromatic N) is 1. The van der Waals surface area contributed by atoms with Crippen LogP contribution in [0.5, 0.6) is 5.75 Å². The summed E-state index contributed by atoms with van der Waals surface area (Å²) in [6.07, 6.45) is 0. The summed E-state index contributed by atoms with van der Waals surface area (Å²) < 4.78 is 0. The zero-order chi connectivity index (χ0) is 13.2. The average molecular weight is 254 g/mol. The highest BCUT2D eigenvalue weighted by Crippen LogP contribution is 2.30. The van der Waals surface area contributed by atoms with Gasteiger partial charge in [-0.1, -0.05) is 24.3 Å². The zero-order valence-corrected chi connectivity index (χ0v) is 10.3. The maximum atomic E-state index is 12.0. The van der Waals surface area contributed by atoms with Crippen molar-refractivity contribution in [1.29, 1.82) is 0 Å². The van der Waals surface area contributed by atoms with Crippen molar-refractivity contribution in [3.8, 4) is 5.75 Å². The summed E-state index contributed by atoms with van der Waals surface area (Å²) in [6, 6.07) is 14.7. The molecule has 0 saturated carbocycles. The van der Waals surface area contributed by atoms with Crippen LogP contribution in [-0.4, -0.2) is 17.6 Å². The maximum Gasteiger partial charge on any atom is 0.246 e. The minimum Gasteiger partial charge on any atom is -0.508 e. The average Bonchev–Trinajstić information content (AvgIpc) is 2.42. The van der Waals surface area contributed by atoms with Crippen LogP contribution in [0.1, 0.15) is 5.56 Å². The van der Waals surface area contributed by atoms with E-state index < -0.39 is 0 Å². The van der Waals surface area contributed by atoms with E-state index in [1.165, 1.54) is 0 Å². The van der Waals surface area contributed by atoms with E-state index in [1.807, 2.05) is 30.3 Å². The van der Waals surface area contributed by atoms with E-state index in [0.717, 1.165) is 16.9 Å². The van der Waals surface area contributed by atoms with Crippen LogP contribution >= 0.6 is 0 Å². The molecule has 1 aliphatic heterocycles. The third kappa shape index (κ3) is 2.25. The number of amides is 1. The van der Waals surface area contributed by atoms with Crippen molar-refractivity contribution in [1.82, 2.24) is 0 Å². The topological polar surface area (TPSA) is 52.6 Å². The van der Waals surface area contributed by atoms with E-state index in [0.29, 0.717) is 13.1 Å². The maximum absolute atomic E-state index is 12.0. The lowest BCUT2D eigenvalue weighted by Crippen LogP contribution is -2.39. The second kappa shape index (κ2) is 4.65. The second-order valence-corrected chi connectivity index (χ2v) is 4.52. The quantitative estimate of drug-likeness (QED) is 0.865. The first-order chi connectivity index (χ1) is 9.24. The Balaban J connectivity index is 1.94. The Labute approximate surface area is 111 Å². The number of para-hydroxylation sites is 2. The second-order valence-electron chi connectivity index (χ2n) is 4.52. The summed E-state index contributed by atoms with van der Waals surface area (Å²) in [7, 11) is 0. The molecule has 3 rings (SSSR count). The minimum atomic E-state index is 0.0297. The minimum absolute atomic E-state index is 0.0297. The largest absolute Gasteiger partial charge is 0.508 e. The number of carbonyl (C=O) groups excluding carboxylic acids is 1. The van der Waals surface area contributed by atoms with Crippen molar-refractivity contribution in [2.75, 3.05) is 16.8 Å². The van der Waals surface area contributed by atoms with Gasteiger partial charge in [-0.3, -0.25) is 4.79 Å². The predicted octanol–water partition coefficient (Wildman–Crippen LogP) is 2.35. The van der Waals surface area contributed by atoms with Gasteiger partial charge in [-0.25, -0.2) is 0 Å². The lowest BCUT2D eigenvalue weighted by atomic mass is 10.1. The first kappa shape index (κ1) is 11.6. The molecule has 2 aromatic rings. The number of aromatic hydroxyl groups is 1. The number of anilines is 2. The number of hydrogen-bond donors (Lipinski definition) is 2. The van der Waals surface area contributed by atoms with E-state index in [-0.39, 0.29) is 11.7 Å². The van der Waals surface area contributed by atoms with Gasteiger partial charge in [-0.05, 0) is 29.8 Å². The van der Waals surface area contributed by atoms with Crippen molar-refractivity contribution in [2.45, 2.75) is 6.54 Å². The molecule has 0 fully saturated rings. The van der Waals surface area contributed by atoms with Crippen LogP contribution in [0.2, 0.25) is 0 Å². The van der Waals surface area contributed by atoms with E-state index >= 15 is 0 Å². The molecule has 2 N–H and O–H groups in total. The fraction of sp³-hybridized carbons (Fsp3) is 0.133. The van der Waals surface area contributed by atoms with Crippen LogP contribution < -0.4 is 10.2 Å². The van der Waals surface area contributed by atoms with Crippen molar-refractivity contribution in [3.63, 3.8) is 0 Å². The third-order valence-corrected chi connectivity index (χ3v) is 3.18. The Kier molecular flexibility index (Phi) is 2.83. The molecule has 0 radical (unpaired) electrons. The van der Waals surface area contributed by atoms with Crippen LogP contribution in [-0.2, 0) is 11.3 Å². The van der Waals surface area contributed by atoms with Gasteiger partial charge in [0.05, 0.1) is 24.5 Å². The molecule has 2 aromatic carbocycles. The molecule has 0 saturated heterocycles. The fourth-order valence-corrected chi connectivity index (χ4v) is 2.27. The molecule has 1 amide bonds. The SMILES string of the molecule is O=C1CNc2ccccc2N1Cc1cccc(O)c1. The van der Waals surface area contributed by atoms with Gasteiger partial charge in [0.25, 0.3) is 0 Å². The van der Waals surface area contributed by atoms with E-state index in [4.69, 9.17) is 0 Å². The Morgan fingerprint density at radius 2 is 2.00 bits per heavy atom. The van der Waals surface area contributed by atoms with Crippen molar-refractivity contribution in [2.24, 2.45) is 0 Å². The molecule has 19 heavy (non-hydrogen) atoms. The molecule has 0 bridgehead atoms. The van der Waals surface area contributed by atoms with E-state index in [2.05, 4.69) is 5.32 Å². The van der Waals surface area contributed by atoms with Crippen LogP contribution in [0, 0.1) is 0 Å². The summed E-state index contributed by atoms with van der Waals surface area (Å²) in [5, 5.41) is 12.6. The number of carbonyl (C=O) groups is 1. The third-order valence-electron chi connectivity index (χ3n) is 3.18. The monoisotopic (exact) mass is 254 g/mol. The molecule has 96 valence electrons. The number of benzene rings is 2. The van der Waals surface area contributed by atoms with Gasteiger partial charge in [0, 0.05) is 0 Å². The van der Waals surface area contributed by atoms with Gasteiger partial charge in [0.15, 0.2) is 0 Å². The van der Waals surface area contributed by atoms with E-state index in [1.54, 1.807) is 23.1 Å². The number of rotatable bonds is 2. The number of fused-ring (bicyclic) bond motifs is 1. The molecule has 0 atom stereocenters. The van der Waals surface area contributed by atoms with Crippen LogP contribution in [0.25, 0.3) is 0 Å². The molecule has 0 aliphatic carbocycles. The Morgan fingerprint density at radius 1 is 1.16 bits per heavy atom. The molecule has 4 heteroatoms. The van der Waals surface area contributed by atoms with Gasteiger partial charge in [0.1, 0.15) is 5.75 Å². The Bertz CT molecular complexity index is 625. The molecule has 0 unspecified atom stereocenters. The number of nitrogens with one attached hydrogen (secondary N) is 1. The van der Waals surface area contributed by atoms with Crippen molar-refractivity contribution < 1.29 is 9.90 Å². The Hall–Kier alpha value is -2.49. The number of phenols is 1. The molecule has 0 aromatic heterocycles. The standard InChI is InChI=1S/C15H14N2O2/c18-12-5-3-4-11(8-12)10-17-14-7-2-1-6-13(14)16-9-15(17)19/h1-8,16,18H,9-10H2. The molecular formula is C15H14N2O2. The van der Waals surface area contributed by atoms with Gasteiger partial charge in [0.2, 0.25) is 5.91 Å². The molecule has 1 aliphatic rings. The van der Waals surface area contributed by atoms with Gasteiger partial charge < -0.3 is 15.3 Å². The highest BCUT2D eigenvalue weighted by Gasteiger charge is 2.23. The van der Waals surface area contributed by atoms with Gasteiger partial charge in [-0.15, -0.1) is 0 Å². The van der Waals surface area contributed by atoms with Crippen molar-refractivity contribution >= 4 is 17.3 Å². The normalized spacial score (nSPS) is 13.9. The zero-order valence-electron chi connectivity index (χ0n) is 10.3. The number of hydrogen-bond acceptors (Lipinski definition) is 3. The smallest absolute Gasteiger partial charge is 0.246 e. The molecule has 0 spiro atoms. The van der Waals surface area contributed by atoms with Crippen LogP contribution in [0.3, 0.4) is 0 Å². The molecule has 1 heterocycles. The van der Waals surface area contributed by atoms with Gasteiger partial charge >= 0.3 is 0 Å². The number of phenolic OH excluding ortho intramolecular Hbond substituents is 1. The lowest BCUT2D eigenvalue weighted by molar-refractivity contribution is -0.117. The first-order valence-corrected chi connectivity index (χ1v) is 6.15. The molecular weight excluding hydrogens is 240 g/mol. The summed E-state index contributed by atoms with van der Waals surface area (Å²) in [5.41, 5.74) is 2.74. The summed E-state index contributed by atoms with van der Waals surface area (Å²) >= 11 is 0. The van der Waals surface area contributed by atoms with Crippen molar-refractivity contribution in [3.05, 3.63) is 54.1 Å². The van der Waals surface area contributed by atoms with E-state index in [9.17, 15) is 9.90 Å². The summed E-state index contributed by atoms with van der Waals surface area (Å²) in [6.45, 7) is 0.766. The highest BCUT2D eigenvalue weighted by molar-refractivity contribution is 6.02. The first-order valence-electron chi connectivity index (χ1n) is 6.15. The van der Waals surface area contributed by atoms with Crippen LogP contribution in [0.4, 0.5) is 11.4 Å².